The van der Waals surface area contributed by atoms with Gasteiger partial charge in [0, 0.05) is 7.11 Å². The number of carbonyl (C=O) groups is 1. The van der Waals surface area contributed by atoms with Crippen molar-refractivity contribution in [2.75, 3.05) is 33.8 Å². The van der Waals surface area contributed by atoms with E-state index in [0.29, 0.717) is 4.48 Å². The normalized spacial score (nSPS) is 14.5. The molecule has 1 N–H and O–H groups in total. The lowest BCUT2D eigenvalue weighted by Gasteiger charge is -2.33. The summed E-state index contributed by atoms with van der Waals surface area (Å²) in [5.74, 6) is -0.675. The van der Waals surface area contributed by atoms with Crippen LogP contribution >= 0.6 is 0 Å². The minimum atomic E-state index is -0.675. The zero-order chi connectivity index (χ0) is 16.7. The first-order valence-corrected chi connectivity index (χ1v) is 10.7. The lowest BCUT2D eigenvalue weighted by molar-refractivity contribution is -0.902. The Kier molecular flexibility index (Phi) is 14.0. The highest BCUT2D eigenvalue weighted by atomic mass is 28.2. The number of likely N-dealkylation sites (N-methyl/N-ethyl adjacent to an activating group) is 1. The van der Waals surface area contributed by atoms with Crippen LogP contribution < -0.4 is 0 Å². The Balaban J connectivity index is 3.85. The summed E-state index contributed by atoms with van der Waals surface area (Å²) in [4.78, 5) is 11.1. The average molecular weight is 333 g/mol. The summed E-state index contributed by atoms with van der Waals surface area (Å²) in [6.07, 6.45) is 11.5. The van der Waals surface area contributed by atoms with E-state index in [-0.39, 0.29) is 16.3 Å². The van der Waals surface area contributed by atoms with Crippen molar-refractivity contribution in [3.05, 3.63) is 0 Å². The number of carboxylic acids is 1. The van der Waals surface area contributed by atoms with Gasteiger partial charge in [-0.3, -0.25) is 0 Å². The van der Waals surface area contributed by atoms with Crippen LogP contribution in [0.25, 0.3) is 0 Å². The Hall–Kier alpha value is -0.393. The summed E-state index contributed by atoms with van der Waals surface area (Å²) < 4.78 is 5.89. The number of carboxylic acid groups (broad SMARTS) is 1. The Labute approximate surface area is 139 Å². The van der Waals surface area contributed by atoms with E-state index < -0.39 is 5.97 Å². The first-order valence-electron chi connectivity index (χ1n) is 9.08. The van der Waals surface area contributed by atoms with Crippen LogP contribution in [-0.2, 0) is 9.22 Å². The molecule has 0 aromatic carbocycles. The first kappa shape index (κ1) is 21.6. The molecule has 0 saturated carbocycles. The Morgan fingerprint density at radius 1 is 1.00 bits per heavy atom. The molecule has 0 fully saturated rings. The topological polar surface area (TPSA) is 46.5 Å². The van der Waals surface area contributed by atoms with E-state index in [1.165, 1.54) is 44.9 Å². The fourth-order valence-corrected chi connectivity index (χ4v) is 3.68. The van der Waals surface area contributed by atoms with Gasteiger partial charge in [-0.15, -0.1) is 0 Å². The molecule has 0 aliphatic carbocycles. The monoisotopic (exact) mass is 332 g/mol. The maximum absolute atomic E-state index is 11.1. The molecule has 1 atom stereocenters. The predicted molar refractivity (Wildman–Crippen MR) is 96.0 cm³/mol. The van der Waals surface area contributed by atoms with Gasteiger partial charge in [-0.25, -0.2) is 4.79 Å². The molecule has 0 spiro atoms. The highest BCUT2D eigenvalue weighted by Gasteiger charge is 2.24. The van der Waals surface area contributed by atoms with Crippen molar-refractivity contribution in [1.29, 1.82) is 0 Å². The van der Waals surface area contributed by atoms with Crippen LogP contribution in [0.4, 0.5) is 0 Å². The summed E-state index contributed by atoms with van der Waals surface area (Å²) in [6.45, 7) is 4.47. The van der Waals surface area contributed by atoms with Gasteiger partial charge in [0.1, 0.15) is 0 Å². The smallest absolute Gasteiger partial charge is 0.359 e. The lowest BCUT2D eigenvalue weighted by atomic mass is 10.1. The van der Waals surface area contributed by atoms with Gasteiger partial charge in [0.05, 0.1) is 20.1 Å². The van der Waals surface area contributed by atoms with Gasteiger partial charge >= 0.3 is 5.97 Å². The van der Waals surface area contributed by atoms with Gasteiger partial charge in [-0.2, -0.15) is 0 Å². The molecule has 0 rings (SSSR count). The van der Waals surface area contributed by atoms with Crippen LogP contribution in [0, 0.1) is 0 Å². The maximum Gasteiger partial charge on any atom is 0.359 e. The fourth-order valence-electron chi connectivity index (χ4n) is 2.96. The van der Waals surface area contributed by atoms with Crippen molar-refractivity contribution in [3.63, 3.8) is 0 Å². The van der Waals surface area contributed by atoms with E-state index in [2.05, 4.69) is 14.0 Å². The van der Waals surface area contributed by atoms with E-state index in [1.807, 2.05) is 0 Å². The second kappa shape index (κ2) is 14.2. The summed E-state index contributed by atoms with van der Waals surface area (Å²) in [5.41, 5.74) is 0. The molecule has 0 aromatic heterocycles. The van der Waals surface area contributed by atoms with Gasteiger partial charge in [-0.05, 0) is 25.3 Å². The summed E-state index contributed by atoms with van der Waals surface area (Å²) in [6, 6.07) is 1.15. The molecule has 22 heavy (non-hydrogen) atoms. The molecule has 0 aromatic rings. The van der Waals surface area contributed by atoms with E-state index >= 15 is 0 Å². The van der Waals surface area contributed by atoms with Crippen molar-refractivity contribution in [3.8, 4) is 0 Å². The predicted octanol–water partition coefficient (Wildman–Crippen LogP) is 3.20. The zero-order valence-corrected chi connectivity index (χ0v) is 16.5. The lowest BCUT2D eigenvalue weighted by Crippen LogP contribution is -2.49. The van der Waals surface area contributed by atoms with Gasteiger partial charge in [0.25, 0.3) is 0 Å². The van der Waals surface area contributed by atoms with Gasteiger partial charge < -0.3 is 14.0 Å². The molecular formula is C17H38NO3Si+. The second-order valence-corrected chi connectivity index (χ2v) is 8.49. The van der Waals surface area contributed by atoms with E-state index in [4.69, 9.17) is 9.53 Å². The van der Waals surface area contributed by atoms with Crippen molar-refractivity contribution in [1.82, 2.24) is 0 Å². The third kappa shape index (κ3) is 13.3. The highest BCUT2D eigenvalue weighted by Crippen LogP contribution is 2.12. The summed E-state index contributed by atoms with van der Waals surface area (Å²) in [7, 11) is 3.51. The Morgan fingerprint density at radius 3 is 2.09 bits per heavy atom. The third-order valence-corrected chi connectivity index (χ3v) is 5.56. The van der Waals surface area contributed by atoms with E-state index in [9.17, 15) is 4.79 Å². The number of hydrogen-bond acceptors (Lipinski definition) is 2. The average Bonchev–Trinajstić information content (AvgIpc) is 2.46. The molecule has 132 valence electrons. The van der Waals surface area contributed by atoms with Crippen LogP contribution in [0.3, 0.4) is 0 Å². The highest BCUT2D eigenvalue weighted by molar-refractivity contribution is 6.26. The van der Waals surface area contributed by atoms with Gasteiger partial charge in [0.2, 0.25) is 0 Å². The minimum absolute atomic E-state index is 0.255. The van der Waals surface area contributed by atoms with Crippen molar-refractivity contribution in [2.24, 2.45) is 0 Å². The number of unbranched alkanes of at least 4 members (excludes halogenated alkanes) is 7. The van der Waals surface area contributed by atoms with Gasteiger partial charge in [0.15, 0.2) is 16.3 Å². The van der Waals surface area contributed by atoms with Crippen molar-refractivity contribution in [2.45, 2.75) is 70.8 Å². The largest absolute Gasteiger partial charge is 0.477 e. The molecule has 1 unspecified atom stereocenters. The third-order valence-electron chi connectivity index (χ3n) is 4.36. The molecule has 0 bridgehead atoms. The van der Waals surface area contributed by atoms with Crippen LogP contribution in [0.5, 0.6) is 0 Å². The molecule has 0 amide bonds. The zero-order valence-electron chi connectivity index (χ0n) is 15.1. The van der Waals surface area contributed by atoms with Crippen LogP contribution in [-0.4, -0.2) is 59.1 Å². The number of nitrogens with zero attached hydrogens (tertiary/aromatic N) is 1. The standard InChI is InChI=1S/C17H37NO3Si/c1-4-5-6-7-8-9-10-11-13-18(2,16-17(19)20)14-12-15-22-21-3/h4-16,22H2,1-3H3/p+1. The SMILES string of the molecule is CCCCCCCCCC[N+](C)(CCC[SiH2]OC)CC(=O)O. The van der Waals surface area contributed by atoms with Crippen molar-refractivity contribution >= 4 is 15.7 Å². The Bertz CT molecular complexity index is 277. The number of quaternary nitrogens is 1. The second-order valence-electron chi connectivity index (χ2n) is 6.79. The van der Waals surface area contributed by atoms with Crippen LogP contribution in [0.2, 0.25) is 6.04 Å². The van der Waals surface area contributed by atoms with Crippen molar-refractivity contribution < 1.29 is 18.8 Å². The van der Waals surface area contributed by atoms with Crippen LogP contribution in [0.15, 0.2) is 0 Å². The fraction of sp³-hybridized carbons (Fsp3) is 0.941. The van der Waals surface area contributed by atoms with Crippen LogP contribution in [0.1, 0.15) is 64.7 Å². The number of aliphatic carboxylic acids is 1. The molecule has 0 aliphatic rings. The molecule has 5 heteroatoms. The molecule has 0 heterocycles. The molecule has 0 saturated heterocycles. The molecule has 0 aliphatic heterocycles. The number of rotatable bonds is 16. The molecule has 0 radical (unpaired) electrons. The van der Waals surface area contributed by atoms with Gasteiger partial charge in [-0.1, -0.05) is 45.4 Å². The number of hydrogen-bond donors (Lipinski definition) is 1. The summed E-state index contributed by atoms with van der Waals surface area (Å²) >= 11 is 0. The molecular weight excluding hydrogens is 294 g/mol. The summed E-state index contributed by atoms with van der Waals surface area (Å²) in [5, 5.41) is 9.14. The Morgan fingerprint density at radius 2 is 1.55 bits per heavy atom. The minimum Gasteiger partial charge on any atom is -0.477 e. The van der Waals surface area contributed by atoms with E-state index in [0.717, 1.165) is 32.0 Å². The maximum atomic E-state index is 11.1. The first-order chi connectivity index (χ1) is 10.5. The molecule has 4 nitrogen and oxygen atoms in total. The quantitative estimate of drug-likeness (QED) is 0.268. The van der Waals surface area contributed by atoms with E-state index in [1.54, 1.807) is 7.11 Å².